The summed E-state index contributed by atoms with van der Waals surface area (Å²) in [5.74, 6) is -0.844. The lowest BCUT2D eigenvalue weighted by Crippen LogP contribution is -2.29. The molecule has 1 aliphatic rings. The average molecular weight is 372 g/mol. The van der Waals surface area contributed by atoms with Gasteiger partial charge in [-0.15, -0.1) is 0 Å². The van der Waals surface area contributed by atoms with Crippen molar-refractivity contribution in [3.8, 4) is 11.3 Å². The number of aromatic amines is 1. The van der Waals surface area contributed by atoms with Crippen LogP contribution in [0.25, 0.3) is 11.3 Å². The Hall–Kier alpha value is -2.80. The first-order valence-corrected chi connectivity index (χ1v) is 8.57. The van der Waals surface area contributed by atoms with Crippen LogP contribution in [0.1, 0.15) is 28.4 Å². The van der Waals surface area contributed by atoms with Crippen molar-refractivity contribution in [3.63, 3.8) is 0 Å². The van der Waals surface area contributed by atoms with Gasteiger partial charge >= 0.3 is 0 Å². The van der Waals surface area contributed by atoms with Crippen LogP contribution in [0.5, 0.6) is 0 Å². The van der Waals surface area contributed by atoms with E-state index in [1.54, 1.807) is 11.0 Å². The van der Waals surface area contributed by atoms with Gasteiger partial charge in [-0.3, -0.25) is 9.89 Å². The fourth-order valence-electron chi connectivity index (χ4n) is 3.20. The molecule has 1 fully saturated rings. The number of rotatable bonds is 3. The lowest BCUT2D eigenvalue weighted by atomic mass is 9.99. The van der Waals surface area contributed by atoms with Crippen molar-refractivity contribution >= 4 is 17.5 Å². The van der Waals surface area contributed by atoms with Crippen LogP contribution in [0.2, 0.25) is 5.02 Å². The molecule has 0 spiro atoms. The Bertz CT molecular complexity index is 929. The number of nitrogens with zero attached hydrogens (tertiary/aromatic N) is 4. The monoisotopic (exact) mass is 371 g/mol. The molecule has 0 unspecified atom stereocenters. The summed E-state index contributed by atoms with van der Waals surface area (Å²) in [5.41, 5.74) is 1.52. The van der Waals surface area contributed by atoms with E-state index in [2.05, 4.69) is 20.4 Å². The van der Waals surface area contributed by atoms with Gasteiger partial charge in [0.15, 0.2) is 11.5 Å². The topological polar surface area (TPSA) is 74.8 Å². The van der Waals surface area contributed by atoms with E-state index in [0.29, 0.717) is 23.7 Å². The summed E-state index contributed by atoms with van der Waals surface area (Å²) in [6.45, 7) is 1.10. The van der Waals surface area contributed by atoms with Crippen LogP contribution in [0.15, 0.2) is 42.7 Å². The van der Waals surface area contributed by atoms with Crippen LogP contribution >= 0.6 is 11.6 Å². The second kappa shape index (κ2) is 6.84. The highest BCUT2D eigenvalue weighted by Crippen LogP contribution is 2.30. The van der Waals surface area contributed by atoms with E-state index in [-0.39, 0.29) is 23.2 Å². The number of carbonyl (C=O) groups excluding carboxylic acids is 1. The number of aromatic nitrogens is 4. The predicted octanol–water partition coefficient (Wildman–Crippen LogP) is 3.29. The molecule has 26 heavy (non-hydrogen) atoms. The minimum absolute atomic E-state index is 0.0664. The van der Waals surface area contributed by atoms with Crippen LogP contribution < -0.4 is 0 Å². The van der Waals surface area contributed by atoms with Crippen LogP contribution in [0.4, 0.5) is 4.39 Å². The number of benzene rings is 1. The third-order valence-corrected chi connectivity index (χ3v) is 4.85. The zero-order valence-corrected chi connectivity index (χ0v) is 14.4. The first-order chi connectivity index (χ1) is 12.6. The van der Waals surface area contributed by atoms with Gasteiger partial charge in [-0.25, -0.2) is 4.39 Å². The Labute approximate surface area is 154 Å². The van der Waals surface area contributed by atoms with Crippen LogP contribution in [0.3, 0.4) is 0 Å². The van der Waals surface area contributed by atoms with Crippen molar-refractivity contribution in [2.24, 2.45) is 0 Å². The van der Waals surface area contributed by atoms with Gasteiger partial charge in [0, 0.05) is 29.6 Å². The molecule has 1 saturated heterocycles. The fourth-order valence-corrected chi connectivity index (χ4v) is 3.33. The average Bonchev–Trinajstić information content (AvgIpc) is 3.30. The van der Waals surface area contributed by atoms with E-state index in [9.17, 15) is 9.18 Å². The molecule has 1 aliphatic heterocycles. The van der Waals surface area contributed by atoms with E-state index < -0.39 is 5.82 Å². The number of likely N-dealkylation sites (tertiary alicyclic amines) is 1. The summed E-state index contributed by atoms with van der Waals surface area (Å²) < 4.78 is 14.7. The molecule has 0 saturated carbocycles. The molecule has 1 N–H and O–H groups in total. The van der Waals surface area contributed by atoms with Crippen molar-refractivity contribution in [3.05, 3.63) is 64.8 Å². The number of amides is 1. The van der Waals surface area contributed by atoms with E-state index in [1.165, 1.54) is 12.4 Å². The third-order valence-electron chi connectivity index (χ3n) is 4.60. The number of halogens is 2. The van der Waals surface area contributed by atoms with Gasteiger partial charge in [-0.2, -0.15) is 15.3 Å². The molecule has 6 nitrogen and oxygen atoms in total. The van der Waals surface area contributed by atoms with Crippen molar-refractivity contribution < 1.29 is 9.18 Å². The summed E-state index contributed by atoms with van der Waals surface area (Å²) in [6, 6.07) is 9.20. The lowest BCUT2D eigenvalue weighted by Gasteiger charge is -2.15. The van der Waals surface area contributed by atoms with Gasteiger partial charge in [-0.1, -0.05) is 23.7 Å². The first kappa shape index (κ1) is 16.7. The van der Waals surface area contributed by atoms with Gasteiger partial charge in [0.05, 0.1) is 12.4 Å². The fraction of sp³-hybridized carbons (Fsp3) is 0.222. The largest absolute Gasteiger partial charge is 0.337 e. The molecule has 3 heterocycles. The molecule has 1 aromatic carbocycles. The molecule has 0 aliphatic carbocycles. The van der Waals surface area contributed by atoms with Crippen molar-refractivity contribution in [1.82, 2.24) is 25.3 Å². The summed E-state index contributed by atoms with van der Waals surface area (Å²) in [5, 5.41) is 14.5. The molecule has 1 amide bonds. The maximum Gasteiger partial charge on any atom is 0.274 e. The quantitative estimate of drug-likeness (QED) is 0.766. The van der Waals surface area contributed by atoms with Gasteiger partial charge in [0.2, 0.25) is 0 Å². The minimum Gasteiger partial charge on any atom is -0.337 e. The molecule has 1 atom stereocenters. The Morgan fingerprint density at radius 3 is 2.77 bits per heavy atom. The normalized spacial score (nSPS) is 16.8. The lowest BCUT2D eigenvalue weighted by molar-refractivity contribution is 0.0780. The zero-order valence-electron chi connectivity index (χ0n) is 13.7. The molecule has 132 valence electrons. The van der Waals surface area contributed by atoms with Crippen LogP contribution in [-0.4, -0.2) is 44.3 Å². The summed E-state index contributed by atoms with van der Waals surface area (Å²) in [6.07, 6.45) is 3.67. The molecular formula is C18H15ClFN5O. The predicted molar refractivity (Wildman–Crippen MR) is 94.3 cm³/mol. The standard InChI is InChI=1S/C18H15ClFN5O/c19-14-3-1-11(2-4-14)13-6-8-25(10-13)18(26)17-15(20)16(23-24-17)12-5-7-21-22-9-12/h1-5,7,9,13H,6,8,10H2,(H,23,24)/t13-/m1/s1. The van der Waals surface area contributed by atoms with E-state index >= 15 is 0 Å². The SMILES string of the molecule is O=C(c1[nH]nc(-c2ccnnc2)c1F)N1CC[C@@H](c2ccc(Cl)cc2)C1. The Morgan fingerprint density at radius 2 is 2.04 bits per heavy atom. The maximum absolute atomic E-state index is 14.7. The second-order valence-electron chi connectivity index (χ2n) is 6.18. The van der Waals surface area contributed by atoms with Crippen LogP contribution in [0, 0.1) is 5.82 Å². The highest BCUT2D eigenvalue weighted by Gasteiger charge is 2.31. The number of H-pyrrole nitrogens is 1. The zero-order chi connectivity index (χ0) is 18.1. The molecule has 0 radical (unpaired) electrons. The molecule has 3 aromatic rings. The van der Waals surface area contributed by atoms with Crippen LogP contribution in [-0.2, 0) is 0 Å². The third kappa shape index (κ3) is 3.06. The number of nitrogens with one attached hydrogen (secondary N) is 1. The first-order valence-electron chi connectivity index (χ1n) is 8.19. The molecule has 4 rings (SSSR count). The van der Waals surface area contributed by atoms with Gasteiger partial charge < -0.3 is 4.90 Å². The number of hydrogen-bond donors (Lipinski definition) is 1. The number of hydrogen-bond acceptors (Lipinski definition) is 4. The highest BCUT2D eigenvalue weighted by atomic mass is 35.5. The maximum atomic E-state index is 14.7. The number of carbonyl (C=O) groups is 1. The van der Waals surface area contributed by atoms with Crippen molar-refractivity contribution in [1.29, 1.82) is 0 Å². The Morgan fingerprint density at radius 1 is 1.23 bits per heavy atom. The smallest absolute Gasteiger partial charge is 0.274 e. The molecule has 0 bridgehead atoms. The molecular weight excluding hydrogens is 357 g/mol. The summed E-state index contributed by atoms with van der Waals surface area (Å²) in [4.78, 5) is 14.4. The minimum atomic E-state index is -0.669. The second-order valence-corrected chi connectivity index (χ2v) is 6.62. The van der Waals surface area contributed by atoms with Crippen molar-refractivity contribution in [2.75, 3.05) is 13.1 Å². The van der Waals surface area contributed by atoms with E-state index in [1.807, 2.05) is 24.3 Å². The van der Waals surface area contributed by atoms with E-state index in [0.717, 1.165) is 12.0 Å². The summed E-state index contributed by atoms with van der Waals surface area (Å²) >= 11 is 5.92. The van der Waals surface area contributed by atoms with Crippen molar-refractivity contribution in [2.45, 2.75) is 12.3 Å². The van der Waals surface area contributed by atoms with E-state index in [4.69, 9.17) is 11.6 Å². The van der Waals surface area contributed by atoms with Gasteiger partial charge in [-0.05, 0) is 30.2 Å². The summed E-state index contributed by atoms with van der Waals surface area (Å²) in [7, 11) is 0. The molecule has 2 aromatic heterocycles. The van der Waals surface area contributed by atoms with Gasteiger partial charge in [0.1, 0.15) is 5.69 Å². The molecule has 8 heteroatoms. The highest BCUT2D eigenvalue weighted by molar-refractivity contribution is 6.30. The Balaban J connectivity index is 1.52. The van der Waals surface area contributed by atoms with Gasteiger partial charge in [0.25, 0.3) is 5.91 Å². The Kier molecular flexibility index (Phi) is 4.38.